The van der Waals surface area contributed by atoms with Gasteiger partial charge < -0.3 is 24.5 Å². The van der Waals surface area contributed by atoms with Gasteiger partial charge in [-0.1, -0.05) is 75.2 Å². The minimum absolute atomic E-state index is 0. The summed E-state index contributed by atoms with van der Waals surface area (Å²) in [6, 6.07) is 38.5. The number of carbonyl (C=O) groups is 3. The van der Waals surface area contributed by atoms with Crippen LogP contribution < -0.4 is 4.48 Å². The maximum atomic E-state index is 13.2. The number of carbonyl (C=O) groups excluding carboxylic acids is 3. The van der Waals surface area contributed by atoms with Crippen molar-refractivity contribution in [3.05, 3.63) is 160 Å². The van der Waals surface area contributed by atoms with Gasteiger partial charge in [0.1, 0.15) is 0 Å². The number of aromatic amines is 2. The molecule has 0 saturated heterocycles. The first-order valence-corrected chi connectivity index (χ1v) is 35.2. The molecule has 1 unspecified atom stereocenters. The van der Waals surface area contributed by atoms with Crippen molar-refractivity contribution < 1.29 is 86.2 Å². The summed E-state index contributed by atoms with van der Waals surface area (Å²) in [4.78, 5) is 55.9. The summed E-state index contributed by atoms with van der Waals surface area (Å²) in [7, 11) is 5.60. The Bertz CT molecular complexity index is 2910. The molecule has 1 atom stereocenters. The Morgan fingerprint density at radius 2 is 1.15 bits per heavy atom. The number of aryl methyl sites for hydroxylation is 4. The largest absolute Gasteiger partial charge is 0.400 e. The van der Waals surface area contributed by atoms with Crippen LogP contribution in [-0.4, -0.2) is 84.8 Å². The zero-order valence-corrected chi connectivity index (χ0v) is 58.1. The van der Waals surface area contributed by atoms with Crippen molar-refractivity contribution in [1.29, 1.82) is 0 Å². The average molecular weight is 1330 g/mol. The number of quaternary nitrogens is 1. The Labute approximate surface area is 503 Å². The molecule has 0 spiro atoms. The fraction of sp³-hybridized carbons (Fsp3) is 0.391. The maximum absolute atomic E-state index is 13.2. The van der Waals surface area contributed by atoms with Gasteiger partial charge in [0.15, 0.2) is 0 Å². The van der Waals surface area contributed by atoms with E-state index < -0.39 is 36.5 Å². The van der Waals surface area contributed by atoms with Gasteiger partial charge in [-0.25, -0.2) is 9.78 Å². The number of aliphatic hydroxyl groups is 1. The molecule has 3 aromatic carbocycles. The number of methoxy groups -OCH3 is 2. The van der Waals surface area contributed by atoms with Crippen LogP contribution in [0, 0.1) is 13.8 Å². The van der Waals surface area contributed by atoms with Crippen molar-refractivity contribution in [1.82, 2.24) is 29.3 Å². The fourth-order valence-electron chi connectivity index (χ4n) is 9.61. The topological polar surface area (TPSA) is 150 Å². The maximum Gasteiger partial charge on any atom is 0.0319 e. The Morgan fingerprint density at radius 3 is 1.58 bits per heavy atom. The number of aromatic nitrogens is 4. The number of allylic oxidation sites excluding steroid dienone is 1. The third-order valence-electron chi connectivity index (χ3n) is 13.3. The molecular weight excluding hydrogens is 1240 g/mol. The molecule has 14 heteroatoms. The number of ether oxygens (including phenoxy) is 2. The SMILES string of the molecule is CC.CCC.CCC.CCc1c(C)c2cc3[nH]c(cc4nc(c(CC(=O)OC)c5nc(cc1[nH]2)C(C)=C5C(=O)OC)CC4C)c(C)c3CC.CN(C=O)[CH2][Hg][CH2][N+](c1ccccc1)(c1ccccc1)c1ccccc1.CO.[Y]. The van der Waals surface area contributed by atoms with Crippen molar-refractivity contribution in [2.75, 3.05) is 36.5 Å². The van der Waals surface area contributed by atoms with Gasteiger partial charge in [-0.2, -0.15) is 0 Å². The van der Waals surface area contributed by atoms with Crippen LogP contribution >= 0.6 is 0 Å². The van der Waals surface area contributed by atoms with Crippen molar-refractivity contribution in [2.24, 2.45) is 0 Å². The summed E-state index contributed by atoms with van der Waals surface area (Å²) in [5.74, 6) is -0.812. The number of fused-ring (bicyclic) bond motifs is 8. The zero-order valence-electron chi connectivity index (χ0n) is 49.8. The molecule has 6 aromatic rings. The summed E-state index contributed by atoms with van der Waals surface area (Å²) < 4.78 is 13.0. The van der Waals surface area contributed by atoms with E-state index in [0.717, 1.165) is 72.4 Å². The smallest absolute Gasteiger partial charge is 0.0319 e. The van der Waals surface area contributed by atoms with E-state index in [1.54, 1.807) is 4.90 Å². The molecule has 5 heterocycles. The van der Waals surface area contributed by atoms with Crippen LogP contribution in [0.1, 0.15) is 139 Å². The number of benzene rings is 3. The van der Waals surface area contributed by atoms with E-state index in [2.05, 4.69) is 175 Å². The summed E-state index contributed by atoms with van der Waals surface area (Å²) in [5.41, 5.74) is 17.1. The monoisotopic (exact) mass is 1330 g/mol. The number of nitrogens with zero attached hydrogens (tertiary/aromatic N) is 4. The molecule has 1 radical (unpaired) electrons. The summed E-state index contributed by atoms with van der Waals surface area (Å²) in [5, 5.41) is 7.00. The van der Waals surface area contributed by atoms with Gasteiger partial charge in [0.05, 0.1) is 37.6 Å². The molecule has 78 heavy (non-hydrogen) atoms. The first-order chi connectivity index (χ1) is 37.2. The van der Waals surface area contributed by atoms with Gasteiger partial charge in [0, 0.05) is 84.8 Å². The van der Waals surface area contributed by atoms with Gasteiger partial charge in [0.2, 0.25) is 0 Å². The number of hydrogen-bond acceptors (Lipinski definition) is 8. The van der Waals surface area contributed by atoms with Crippen molar-refractivity contribution in [3.63, 3.8) is 0 Å². The predicted molar refractivity (Wildman–Crippen MR) is 317 cm³/mol. The predicted octanol–water partition coefficient (Wildman–Crippen LogP) is 14.4. The van der Waals surface area contributed by atoms with Crippen molar-refractivity contribution >= 4 is 68.6 Å². The van der Waals surface area contributed by atoms with Gasteiger partial charge >= 0.3 is 180 Å². The first-order valence-electron chi connectivity index (χ1n) is 27.5. The Hall–Kier alpha value is -5.11. The third kappa shape index (κ3) is 17.2. The van der Waals surface area contributed by atoms with Crippen LogP contribution in [0.15, 0.2) is 109 Å². The van der Waals surface area contributed by atoms with Crippen molar-refractivity contribution in [2.45, 2.75) is 128 Å². The normalized spacial score (nSPS) is 12.0. The molecule has 0 fully saturated rings. The van der Waals surface area contributed by atoms with E-state index in [1.807, 2.05) is 33.9 Å². The number of rotatable bonds is 13. The second-order valence-corrected chi connectivity index (χ2v) is 25.0. The summed E-state index contributed by atoms with van der Waals surface area (Å²) in [6.45, 7) is 25.1. The quantitative estimate of drug-likeness (QED) is 0.0448. The number of H-pyrrole nitrogens is 2. The number of nitrogens with one attached hydrogen (secondary N) is 2. The summed E-state index contributed by atoms with van der Waals surface area (Å²) in [6.07, 6.45) is 5.73. The molecule has 12 nitrogen and oxygen atoms in total. The summed E-state index contributed by atoms with van der Waals surface area (Å²) >= 11 is -1.36. The Kier molecular flexibility index (Phi) is 31.4. The third-order valence-corrected chi connectivity index (χ3v) is 21.1. The number of para-hydroxylation sites is 3. The first kappa shape index (κ1) is 69.0. The molecule has 3 N–H and O–H groups in total. The van der Waals surface area contributed by atoms with E-state index in [-0.39, 0.29) is 45.0 Å². The number of hydrogen-bond donors (Lipinski definition) is 3. The number of amides is 1. The molecule has 3 aromatic heterocycles. The minimum Gasteiger partial charge on any atom is -0.400 e. The number of aliphatic hydroxyl groups excluding tert-OH is 1. The molecule has 0 aliphatic carbocycles. The fourth-order valence-corrected chi connectivity index (χ4v) is 17.4. The van der Waals surface area contributed by atoms with Gasteiger partial charge in [-0.05, 0) is 86.1 Å². The zero-order chi connectivity index (χ0) is 57.2. The van der Waals surface area contributed by atoms with Crippen LogP contribution in [0.5, 0.6) is 0 Å². The van der Waals surface area contributed by atoms with E-state index in [0.29, 0.717) is 34.5 Å². The van der Waals surface area contributed by atoms with Crippen LogP contribution in [0.2, 0.25) is 0 Å². The van der Waals surface area contributed by atoms with E-state index in [4.69, 9.17) is 24.5 Å². The van der Waals surface area contributed by atoms with Crippen LogP contribution in [0.25, 0.3) is 33.2 Å². The molecule has 8 bridgehead atoms. The molecular formula is C64H87HgN6O6Y+. The molecule has 1 amide bonds. The van der Waals surface area contributed by atoms with E-state index in [1.165, 1.54) is 66.4 Å². The molecule has 0 saturated carbocycles. The molecule has 2 aliphatic heterocycles. The van der Waals surface area contributed by atoms with E-state index >= 15 is 0 Å². The second kappa shape index (κ2) is 35.5. The number of esters is 2. The second-order valence-electron chi connectivity index (χ2n) is 18.8. The minimum atomic E-state index is -1.36. The standard InChI is InChI=1S/C33H38N4O4.C19H17N.C3H6NO.2C3H8.C2H6.CH4O.Hg.Y/c1-9-20-17(4)24-13-23-16(3)11-27(34-23)22(12-30(38)40-7)32-31(33(39)41-8)19(6)26(37-32)15-29-21(10-2)18(5)25(36-29)14-28(20)35-24;1-20(17-11-5-2-6-12-17,18-13-7-3-8-14-18)19-15-9-4-10-16-19;1-4(2)3-5;2*1-3-2;2*1-2;;/h13-16,35-36H,9-12H2,1-8H3;2-16H,1H2;3H,1H2,2H3;2*3H2,1-2H3;1-2H3;2H,1H3;;/q;+1;;;;;;;. The Balaban J connectivity index is 0.000000483. The van der Waals surface area contributed by atoms with Crippen LogP contribution in [0.3, 0.4) is 0 Å². The van der Waals surface area contributed by atoms with Crippen LogP contribution in [-0.2, 0) is 107 Å². The van der Waals surface area contributed by atoms with Gasteiger partial charge in [-0.15, -0.1) is 0 Å². The van der Waals surface area contributed by atoms with Crippen molar-refractivity contribution in [3.8, 4) is 0 Å². The molecule has 8 rings (SSSR count). The average Bonchev–Trinajstić information content (AvgIpc) is 4.17. The van der Waals surface area contributed by atoms with E-state index in [9.17, 15) is 14.4 Å². The molecule has 413 valence electrons. The molecule has 2 aliphatic rings. The van der Waals surface area contributed by atoms with Crippen LogP contribution in [0.4, 0.5) is 17.1 Å². The Morgan fingerprint density at radius 1 is 0.705 bits per heavy atom. The van der Waals surface area contributed by atoms with Gasteiger partial charge in [-0.3, -0.25) is 9.78 Å². The van der Waals surface area contributed by atoms with Gasteiger partial charge in [0.25, 0.3) is 0 Å².